The fourth-order valence-corrected chi connectivity index (χ4v) is 3.09. The maximum atomic E-state index is 13.1. The van der Waals surface area contributed by atoms with Crippen molar-refractivity contribution in [2.24, 2.45) is 0 Å². The molecule has 122 valence electrons. The van der Waals surface area contributed by atoms with E-state index >= 15 is 0 Å². The number of halogens is 1. The van der Waals surface area contributed by atoms with Gasteiger partial charge in [0.2, 0.25) is 0 Å². The summed E-state index contributed by atoms with van der Waals surface area (Å²) in [5.74, 6) is -0.272. The van der Waals surface area contributed by atoms with Gasteiger partial charge in [-0.15, -0.1) is 0 Å². The molecule has 24 heavy (non-hydrogen) atoms. The van der Waals surface area contributed by atoms with E-state index in [4.69, 9.17) is 0 Å². The number of benzene rings is 1. The van der Waals surface area contributed by atoms with E-state index in [1.807, 2.05) is 4.90 Å². The number of imidazole rings is 1. The molecular formula is C18H17FN4O. The molecule has 1 aliphatic rings. The summed E-state index contributed by atoms with van der Waals surface area (Å²) in [4.78, 5) is 23.2. The van der Waals surface area contributed by atoms with Gasteiger partial charge in [0, 0.05) is 25.0 Å². The van der Waals surface area contributed by atoms with Crippen LogP contribution < -0.4 is 0 Å². The van der Waals surface area contributed by atoms with Gasteiger partial charge in [0.1, 0.15) is 17.7 Å². The monoisotopic (exact) mass is 324 g/mol. The molecule has 1 amide bonds. The summed E-state index contributed by atoms with van der Waals surface area (Å²) in [5.41, 5.74) is 2.65. The molecule has 1 saturated heterocycles. The van der Waals surface area contributed by atoms with Gasteiger partial charge in [-0.25, -0.2) is 14.4 Å². The maximum absolute atomic E-state index is 13.1. The number of pyridine rings is 1. The van der Waals surface area contributed by atoms with Crippen LogP contribution in [0.3, 0.4) is 0 Å². The third-order valence-corrected chi connectivity index (χ3v) is 4.38. The quantitative estimate of drug-likeness (QED) is 0.727. The summed E-state index contributed by atoms with van der Waals surface area (Å²) < 4.78 is 14.9. The average Bonchev–Trinajstić information content (AvgIpc) is 3.05. The van der Waals surface area contributed by atoms with Crippen molar-refractivity contribution >= 4 is 17.1 Å². The predicted molar refractivity (Wildman–Crippen MR) is 88.6 cm³/mol. The zero-order chi connectivity index (χ0) is 16.5. The van der Waals surface area contributed by atoms with E-state index < -0.39 is 0 Å². The van der Waals surface area contributed by atoms with E-state index in [0.29, 0.717) is 16.7 Å². The second-order valence-electron chi connectivity index (χ2n) is 6.01. The maximum Gasteiger partial charge on any atom is 0.255 e. The molecule has 2 aromatic heterocycles. The molecule has 0 saturated carbocycles. The van der Waals surface area contributed by atoms with Crippen molar-refractivity contribution in [1.82, 2.24) is 19.4 Å². The van der Waals surface area contributed by atoms with E-state index in [1.54, 1.807) is 35.3 Å². The van der Waals surface area contributed by atoms with Gasteiger partial charge in [0.25, 0.3) is 5.91 Å². The van der Waals surface area contributed by atoms with E-state index in [1.165, 1.54) is 18.6 Å². The second-order valence-corrected chi connectivity index (χ2v) is 6.01. The molecular weight excluding hydrogens is 307 g/mol. The van der Waals surface area contributed by atoms with Gasteiger partial charge in [-0.1, -0.05) is 0 Å². The lowest BCUT2D eigenvalue weighted by atomic mass is 10.1. The first-order valence-corrected chi connectivity index (χ1v) is 8.11. The largest absolute Gasteiger partial charge is 0.339 e. The molecule has 0 unspecified atom stereocenters. The Labute approximate surface area is 138 Å². The van der Waals surface area contributed by atoms with E-state index in [9.17, 15) is 9.18 Å². The Morgan fingerprint density at radius 3 is 2.54 bits per heavy atom. The Bertz CT molecular complexity index is 882. The Morgan fingerprint density at radius 1 is 1.04 bits per heavy atom. The Hall–Kier alpha value is -2.76. The second kappa shape index (κ2) is 6.03. The van der Waals surface area contributed by atoms with Crippen molar-refractivity contribution < 1.29 is 9.18 Å². The van der Waals surface area contributed by atoms with Crippen LogP contribution in [-0.2, 0) is 0 Å². The number of carbonyl (C=O) groups is 1. The molecule has 1 aliphatic heterocycles. The summed E-state index contributed by atoms with van der Waals surface area (Å²) in [5, 5.41) is 0. The van der Waals surface area contributed by atoms with Crippen LogP contribution in [0.2, 0.25) is 0 Å². The van der Waals surface area contributed by atoms with Crippen LogP contribution in [0.5, 0.6) is 0 Å². The molecule has 0 N–H and O–H groups in total. The van der Waals surface area contributed by atoms with Gasteiger partial charge in [-0.05, 0) is 49.6 Å². The van der Waals surface area contributed by atoms with Crippen LogP contribution in [0.4, 0.5) is 4.39 Å². The van der Waals surface area contributed by atoms with Crippen molar-refractivity contribution in [3.63, 3.8) is 0 Å². The number of hydrogen-bond donors (Lipinski definition) is 0. The third kappa shape index (κ3) is 2.64. The first kappa shape index (κ1) is 14.8. The van der Waals surface area contributed by atoms with Crippen LogP contribution in [-0.4, -0.2) is 38.4 Å². The SMILES string of the molecule is O=C(c1cnc2c(c1)ncn2-c1ccc(F)cc1)N1CCCCC1. The normalized spacial score (nSPS) is 15.0. The predicted octanol–water partition coefficient (Wildman–Crippen LogP) is 3.19. The summed E-state index contributed by atoms with van der Waals surface area (Å²) in [6, 6.07) is 7.92. The topological polar surface area (TPSA) is 51.0 Å². The van der Waals surface area contributed by atoms with Gasteiger partial charge in [0.05, 0.1) is 5.56 Å². The molecule has 4 rings (SSSR count). The first-order valence-electron chi connectivity index (χ1n) is 8.11. The number of rotatable bonds is 2. The fraction of sp³-hybridized carbons (Fsp3) is 0.278. The molecule has 0 atom stereocenters. The summed E-state index contributed by atoms with van der Waals surface area (Å²) in [6.45, 7) is 1.61. The Balaban J connectivity index is 1.67. The fourth-order valence-electron chi connectivity index (χ4n) is 3.09. The van der Waals surface area contributed by atoms with Crippen LogP contribution in [0, 0.1) is 5.82 Å². The number of hydrogen-bond acceptors (Lipinski definition) is 3. The zero-order valence-corrected chi connectivity index (χ0v) is 13.2. The zero-order valence-electron chi connectivity index (χ0n) is 13.2. The van der Waals surface area contributed by atoms with Gasteiger partial charge in [-0.3, -0.25) is 9.36 Å². The van der Waals surface area contributed by atoms with Crippen LogP contribution >= 0.6 is 0 Å². The number of piperidine rings is 1. The smallest absolute Gasteiger partial charge is 0.255 e. The Morgan fingerprint density at radius 2 is 1.79 bits per heavy atom. The molecule has 1 aromatic carbocycles. The highest BCUT2D eigenvalue weighted by molar-refractivity contribution is 5.96. The molecule has 0 aliphatic carbocycles. The highest BCUT2D eigenvalue weighted by Crippen LogP contribution is 2.19. The number of aromatic nitrogens is 3. The average molecular weight is 324 g/mol. The number of carbonyl (C=O) groups excluding carboxylic acids is 1. The third-order valence-electron chi connectivity index (χ3n) is 4.38. The van der Waals surface area contributed by atoms with E-state index in [0.717, 1.165) is 31.6 Å². The number of fused-ring (bicyclic) bond motifs is 1. The van der Waals surface area contributed by atoms with Gasteiger partial charge >= 0.3 is 0 Å². The summed E-state index contributed by atoms with van der Waals surface area (Å²) in [6.07, 6.45) is 6.53. The highest BCUT2D eigenvalue weighted by Gasteiger charge is 2.19. The van der Waals surface area contributed by atoms with Crippen LogP contribution in [0.25, 0.3) is 16.9 Å². The van der Waals surface area contributed by atoms with Gasteiger partial charge < -0.3 is 4.90 Å². The van der Waals surface area contributed by atoms with Gasteiger partial charge in [0.15, 0.2) is 5.65 Å². The lowest BCUT2D eigenvalue weighted by molar-refractivity contribution is 0.0724. The van der Waals surface area contributed by atoms with Crippen LogP contribution in [0.1, 0.15) is 29.6 Å². The molecule has 6 heteroatoms. The van der Waals surface area contributed by atoms with Crippen molar-refractivity contribution in [2.75, 3.05) is 13.1 Å². The molecule has 0 bridgehead atoms. The molecule has 1 fully saturated rings. The summed E-state index contributed by atoms with van der Waals surface area (Å²) >= 11 is 0. The van der Waals surface area contributed by atoms with Gasteiger partial charge in [-0.2, -0.15) is 0 Å². The van der Waals surface area contributed by atoms with Crippen molar-refractivity contribution in [1.29, 1.82) is 0 Å². The highest BCUT2D eigenvalue weighted by atomic mass is 19.1. The molecule has 3 heterocycles. The summed E-state index contributed by atoms with van der Waals surface area (Å²) in [7, 11) is 0. The lowest BCUT2D eigenvalue weighted by Gasteiger charge is -2.26. The molecule has 5 nitrogen and oxygen atoms in total. The van der Waals surface area contributed by atoms with Crippen molar-refractivity contribution in [2.45, 2.75) is 19.3 Å². The lowest BCUT2D eigenvalue weighted by Crippen LogP contribution is -2.35. The molecule has 3 aromatic rings. The minimum absolute atomic E-state index is 0.0143. The van der Waals surface area contributed by atoms with E-state index in [2.05, 4.69) is 9.97 Å². The molecule has 0 spiro atoms. The Kier molecular flexibility index (Phi) is 3.72. The number of amides is 1. The number of likely N-dealkylation sites (tertiary alicyclic amines) is 1. The van der Waals surface area contributed by atoms with Crippen LogP contribution in [0.15, 0.2) is 42.9 Å². The number of nitrogens with zero attached hydrogens (tertiary/aromatic N) is 4. The minimum Gasteiger partial charge on any atom is -0.339 e. The minimum atomic E-state index is -0.287. The first-order chi connectivity index (χ1) is 11.7. The standard InChI is InChI=1S/C18H17FN4O/c19-14-4-6-15(7-5-14)23-12-21-16-10-13(11-20-17(16)23)18(24)22-8-2-1-3-9-22/h4-7,10-12H,1-3,8-9H2. The van der Waals surface area contributed by atoms with E-state index in [-0.39, 0.29) is 11.7 Å². The molecule has 0 radical (unpaired) electrons. The van der Waals surface area contributed by atoms with Crippen molar-refractivity contribution in [3.8, 4) is 5.69 Å². The van der Waals surface area contributed by atoms with Crippen molar-refractivity contribution in [3.05, 3.63) is 54.2 Å².